The van der Waals surface area contributed by atoms with Crippen LogP contribution in [0, 0.1) is 6.92 Å². The number of aryl methyl sites for hydroxylation is 1. The first-order valence-corrected chi connectivity index (χ1v) is 12.5. The van der Waals surface area contributed by atoms with E-state index in [2.05, 4.69) is 10.3 Å². The Bertz CT molecular complexity index is 1110. The van der Waals surface area contributed by atoms with Gasteiger partial charge < -0.3 is 29.4 Å². The van der Waals surface area contributed by atoms with E-state index in [-0.39, 0.29) is 19.0 Å². The predicted molar refractivity (Wildman–Crippen MR) is 139 cm³/mol. The van der Waals surface area contributed by atoms with Crippen LogP contribution in [0.15, 0.2) is 36.3 Å². The second-order valence-electron chi connectivity index (χ2n) is 9.85. The van der Waals surface area contributed by atoms with Gasteiger partial charge in [-0.2, -0.15) is 0 Å². The molecule has 2 unspecified atom stereocenters. The number of carbonyl (C=O) groups excluding carboxylic acids is 2. The maximum Gasteiger partial charge on any atom is 0.410 e. The van der Waals surface area contributed by atoms with E-state index in [1.165, 1.54) is 4.90 Å². The third kappa shape index (κ3) is 7.24. The van der Waals surface area contributed by atoms with Crippen molar-refractivity contribution in [2.75, 3.05) is 26.1 Å². The van der Waals surface area contributed by atoms with Crippen molar-refractivity contribution < 1.29 is 24.2 Å². The summed E-state index contributed by atoms with van der Waals surface area (Å²) >= 11 is 5.91. The lowest BCUT2D eigenvalue weighted by molar-refractivity contribution is -0.118. The molecule has 0 radical (unpaired) electrons. The molecule has 196 valence electrons. The zero-order valence-corrected chi connectivity index (χ0v) is 22.2. The Morgan fingerprint density at radius 3 is 2.67 bits per heavy atom. The minimum Gasteiger partial charge on any atom is -0.495 e. The van der Waals surface area contributed by atoms with Gasteiger partial charge in [0, 0.05) is 24.2 Å². The maximum absolute atomic E-state index is 13.2. The first kappa shape index (κ1) is 27.5. The highest BCUT2D eigenvalue weighted by molar-refractivity contribution is 6.17. The van der Waals surface area contributed by atoms with E-state index in [1.54, 1.807) is 40.3 Å². The van der Waals surface area contributed by atoms with Crippen molar-refractivity contribution >= 4 is 29.7 Å². The molecule has 2 atom stereocenters. The number of imidazole rings is 1. The number of hydrogen-bond acceptors (Lipinski definition) is 6. The Labute approximate surface area is 217 Å². The molecular formula is C26H35ClN4O5. The molecule has 36 heavy (non-hydrogen) atoms. The Kier molecular flexibility index (Phi) is 9.03. The molecule has 0 spiro atoms. The summed E-state index contributed by atoms with van der Waals surface area (Å²) in [6, 6.07) is 5.05. The van der Waals surface area contributed by atoms with Gasteiger partial charge in [-0.1, -0.05) is 6.07 Å². The number of aliphatic hydroxyl groups is 1. The lowest BCUT2D eigenvalue weighted by atomic mass is 10.0. The van der Waals surface area contributed by atoms with Crippen LogP contribution >= 0.6 is 11.6 Å². The number of methoxy groups -OCH3 is 1. The number of nitrogens with one attached hydrogen (secondary N) is 1. The van der Waals surface area contributed by atoms with Crippen LogP contribution < -0.4 is 10.1 Å². The molecule has 0 saturated carbocycles. The van der Waals surface area contributed by atoms with Crippen molar-refractivity contribution in [3.05, 3.63) is 47.6 Å². The Balaban J connectivity index is 1.77. The molecular weight excluding hydrogens is 484 g/mol. The van der Waals surface area contributed by atoms with Crippen molar-refractivity contribution in [2.45, 2.75) is 58.3 Å². The number of likely N-dealkylation sites (tertiary alicyclic amines) is 1. The molecule has 9 nitrogen and oxygen atoms in total. The number of aromatic nitrogens is 2. The van der Waals surface area contributed by atoms with Crippen LogP contribution in [0.4, 0.5) is 4.79 Å². The van der Waals surface area contributed by atoms with Gasteiger partial charge in [-0.3, -0.25) is 4.79 Å². The number of carbonyl (C=O) groups is 2. The van der Waals surface area contributed by atoms with Crippen LogP contribution in [0.25, 0.3) is 11.8 Å². The number of amides is 2. The van der Waals surface area contributed by atoms with Gasteiger partial charge in [-0.25, -0.2) is 9.78 Å². The van der Waals surface area contributed by atoms with Gasteiger partial charge >= 0.3 is 6.09 Å². The molecule has 1 saturated heterocycles. The summed E-state index contributed by atoms with van der Waals surface area (Å²) in [6.07, 6.45) is 5.07. The summed E-state index contributed by atoms with van der Waals surface area (Å²) in [7, 11) is 1.59. The summed E-state index contributed by atoms with van der Waals surface area (Å²) in [5.41, 5.74) is 2.38. The predicted octanol–water partition coefficient (Wildman–Crippen LogP) is 3.69. The highest BCUT2D eigenvalue weighted by Gasteiger charge is 2.37. The molecule has 2 N–H and O–H groups in total. The van der Waals surface area contributed by atoms with E-state index in [9.17, 15) is 14.7 Å². The first-order chi connectivity index (χ1) is 17.0. The smallest absolute Gasteiger partial charge is 0.410 e. The Morgan fingerprint density at radius 1 is 1.31 bits per heavy atom. The van der Waals surface area contributed by atoms with Crippen molar-refractivity contribution in [1.82, 2.24) is 19.8 Å². The molecule has 3 rings (SSSR count). The van der Waals surface area contributed by atoms with E-state index in [0.717, 1.165) is 16.9 Å². The molecule has 2 amide bonds. The topological polar surface area (TPSA) is 106 Å². The molecule has 2 aromatic rings. The van der Waals surface area contributed by atoms with Crippen molar-refractivity contribution in [2.24, 2.45) is 0 Å². The number of β-amino-alcohol motifs (C(OH)–C–C–N with tert-alkyl or cyclic N) is 1. The number of benzene rings is 1. The number of aliphatic hydroxyl groups excluding tert-OH is 1. The van der Waals surface area contributed by atoms with E-state index in [0.29, 0.717) is 30.0 Å². The minimum absolute atomic E-state index is 0.0903. The van der Waals surface area contributed by atoms with Crippen LogP contribution in [0.5, 0.6) is 5.75 Å². The summed E-state index contributed by atoms with van der Waals surface area (Å²) in [5, 5.41) is 13.4. The monoisotopic (exact) mass is 518 g/mol. The molecule has 10 heteroatoms. The third-order valence-corrected chi connectivity index (χ3v) is 5.93. The largest absolute Gasteiger partial charge is 0.495 e. The number of ether oxygens (including phenoxy) is 2. The number of hydrogen-bond donors (Lipinski definition) is 2. The second-order valence-corrected chi connectivity index (χ2v) is 10.2. The highest BCUT2D eigenvalue weighted by Crippen LogP contribution is 2.26. The highest BCUT2D eigenvalue weighted by atomic mass is 35.5. The Morgan fingerprint density at radius 2 is 2.06 bits per heavy atom. The average Bonchev–Trinajstić information content (AvgIpc) is 3.40. The van der Waals surface area contributed by atoms with E-state index >= 15 is 0 Å². The fourth-order valence-corrected chi connectivity index (χ4v) is 4.06. The van der Waals surface area contributed by atoms with Crippen LogP contribution in [0.1, 0.15) is 44.9 Å². The zero-order valence-electron chi connectivity index (χ0n) is 21.5. The van der Waals surface area contributed by atoms with Gasteiger partial charge in [-0.15, -0.1) is 11.6 Å². The minimum atomic E-state index is -0.895. The summed E-state index contributed by atoms with van der Waals surface area (Å²) in [5.74, 6) is 0.728. The van der Waals surface area contributed by atoms with Crippen LogP contribution in [-0.4, -0.2) is 75.4 Å². The quantitative estimate of drug-likeness (QED) is 0.408. The standard InChI is InChI=1S/C26H35ClN4O5/c1-17-13-31(16-28-17)21-9-8-18(12-23(21)35-5)11-19(7-6-10-27)24(33)29-20-14-30(15-22(20)32)25(34)36-26(2,3)4/h8-9,11-13,16,20,22,32H,6-7,10,14-15H2,1-5H3,(H,29,33)/b19-11+. The van der Waals surface area contributed by atoms with Crippen LogP contribution in [0.3, 0.4) is 0 Å². The normalized spacial score (nSPS) is 18.3. The summed E-state index contributed by atoms with van der Waals surface area (Å²) in [6.45, 7) is 7.51. The average molecular weight is 519 g/mol. The van der Waals surface area contributed by atoms with Gasteiger partial charge in [0.25, 0.3) is 0 Å². The second kappa shape index (κ2) is 11.8. The van der Waals surface area contributed by atoms with Gasteiger partial charge in [0.15, 0.2) is 0 Å². The van der Waals surface area contributed by atoms with E-state index in [4.69, 9.17) is 21.1 Å². The number of halogens is 1. The van der Waals surface area contributed by atoms with Crippen molar-refractivity contribution in [3.8, 4) is 11.4 Å². The zero-order chi connectivity index (χ0) is 26.5. The molecule has 0 aliphatic carbocycles. The molecule has 1 aliphatic rings. The maximum atomic E-state index is 13.2. The summed E-state index contributed by atoms with van der Waals surface area (Å²) in [4.78, 5) is 31.2. The van der Waals surface area contributed by atoms with E-state index in [1.807, 2.05) is 35.9 Å². The van der Waals surface area contributed by atoms with Gasteiger partial charge in [0.1, 0.15) is 11.4 Å². The molecule has 1 fully saturated rings. The number of nitrogens with zero attached hydrogens (tertiary/aromatic N) is 3. The van der Waals surface area contributed by atoms with Crippen LogP contribution in [-0.2, 0) is 9.53 Å². The van der Waals surface area contributed by atoms with Crippen LogP contribution in [0.2, 0.25) is 0 Å². The first-order valence-electron chi connectivity index (χ1n) is 11.9. The fourth-order valence-electron chi connectivity index (χ4n) is 3.93. The van der Waals surface area contributed by atoms with Crippen molar-refractivity contribution in [3.63, 3.8) is 0 Å². The molecule has 2 heterocycles. The summed E-state index contributed by atoms with van der Waals surface area (Å²) < 4.78 is 12.8. The van der Waals surface area contributed by atoms with Gasteiger partial charge in [-0.05, 0) is 64.3 Å². The molecule has 0 bridgehead atoms. The Hall–Kier alpha value is -3.04. The SMILES string of the molecule is COc1cc(/C=C(\CCCCl)C(=O)NC2CN(C(=O)OC(C)(C)C)CC2O)ccc1-n1cnc(C)c1. The number of alkyl halides is 1. The van der Waals surface area contributed by atoms with Gasteiger partial charge in [0.05, 0.1) is 43.5 Å². The lowest BCUT2D eigenvalue weighted by Crippen LogP contribution is -2.43. The molecule has 1 aromatic carbocycles. The fraction of sp³-hybridized carbons (Fsp3) is 0.500. The van der Waals surface area contributed by atoms with Crippen molar-refractivity contribution in [1.29, 1.82) is 0 Å². The van der Waals surface area contributed by atoms with Gasteiger partial charge in [0.2, 0.25) is 5.91 Å². The molecule has 1 aromatic heterocycles. The number of rotatable bonds is 8. The lowest BCUT2D eigenvalue weighted by Gasteiger charge is -2.24. The molecule has 1 aliphatic heterocycles. The third-order valence-electron chi connectivity index (χ3n) is 5.66. The van der Waals surface area contributed by atoms with E-state index < -0.39 is 23.8 Å².